The van der Waals surface area contributed by atoms with Gasteiger partial charge in [-0.25, -0.2) is 0 Å². The first-order chi connectivity index (χ1) is 15.3. The Kier molecular flexibility index (Phi) is 9.04. The van der Waals surface area contributed by atoms with E-state index in [0.29, 0.717) is 41.8 Å². The molecule has 0 atom stereocenters. The third kappa shape index (κ3) is 5.87. The SMILES string of the molecule is C=C(CCCC)Oc1ccc2c(C(=O)c3cc(I)c(O)c(I)c3)c(CCCCC)oc2c1. The number of benzene rings is 2. The number of ketones is 1. The molecule has 0 amide bonds. The highest BCUT2D eigenvalue weighted by atomic mass is 127. The van der Waals surface area contributed by atoms with Gasteiger partial charge in [0.05, 0.1) is 18.5 Å². The van der Waals surface area contributed by atoms with Gasteiger partial charge < -0.3 is 14.3 Å². The molecule has 0 saturated heterocycles. The first kappa shape index (κ1) is 25.1. The quantitative estimate of drug-likeness (QED) is 0.0974. The van der Waals surface area contributed by atoms with Gasteiger partial charge in [0.2, 0.25) is 0 Å². The molecule has 32 heavy (non-hydrogen) atoms. The van der Waals surface area contributed by atoms with E-state index in [1.54, 1.807) is 12.1 Å². The van der Waals surface area contributed by atoms with Crippen LogP contribution in [0.4, 0.5) is 0 Å². The summed E-state index contributed by atoms with van der Waals surface area (Å²) in [6.07, 6.45) is 6.76. The molecule has 0 aliphatic rings. The molecular formula is C26H28I2O4. The summed E-state index contributed by atoms with van der Waals surface area (Å²) < 4.78 is 13.4. The van der Waals surface area contributed by atoms with E-state index in [9.17, 15) is 9.90 Å². The summed E-state index contributed by atoms with van der Waals surface area (Å²) in [5, 5.41) is 10.9. The zero-order chi connectivity index (χ0) is 23.3. The number of unbranched alkanes of at least 4 members (excludes halogenated alkanes) is 3. The normalized spacial score (nSPS) is 11.1. The third-order valence-corrected chi connectivity index (χ3v) is 6.96. The molecule has 0 aliphatic carbocycles. The Morgan fingerprint density at radius 3 is 2.41 bits per heavy atom. The number of phenols is 1. The van der Waals surface area contributed by atoms with E-state index in [4.69, 9.17) is 9.15 Å². The summed E-state index contributed by atoms with van der Waals surface area (Å²) in [6, 6.07) is 9.06. The van der Waals surface area contributed by atoms with E-state index in [-0.39, 0.29) is 11.5 Å². The van der Waals surface area contributed by atoms with Gasteiger partial charge in [0.15, 0.2) is 5.78 Å². The van der Waals surface area contributed by atoms with Crippen LogP contribution in [0.1, 0.15) is 74.1 Å². The first-order valence-corrected chi connectivity index (χ1v) is 13.1. The number of hydrogen-bond donors (Lipinski definition) is 1. The highest BCUT2D eigenvalue weighted by molar-refractivity contribution is 14.1. The third-order valence-electron chi connectivity index (χ3n) is 5.32. The number of ether oxygens (including phenoxy) is 1. The highest BCUT2D eigenvalue weighted by Crippen LogP contribution is 2.34. The van der Waals surface area contributed by atoms with Crippen molar-refractivity contribution < 1.29 is 19.1 Å². The van der Waals surface area contributed by atoms with Crippen molar-refractivity contribution in [1.29, 1.82) is 0 Å². The predicted octanol–water partition coefficient (Wildman–Crippen LogP) is 8.39. The van der Waals surface area contributed by atoms with Gasteiger partial charge >= 0.3 is 0 Å². The molecule has 6 heteroatoms. The van der Waals surface area contributed by atoms with Gasteiger partial charge in [0.25, 0.3) is 0 Å². The molecule has 0 bridgehead atoms. The number of aromatic hydroxyl groups is 1. The van der Waals surface area contributed by atoms with Crippen LogP contribution in [-0.2, 0) is 6.42 Å². The van der Waals surface area contributed by atoms with Crippen molar-refractivity contribution in [3.63, 3.8) is 0 Å². The minimum atomic E-state index is -0.0906. The molecule has 0 saturated carbocycles. The van der Waals surface area contributed by atoms with Crippen LogP contribution in [0.2, 0.25) is 0 Å². The Bertz CT molecular complexity index is 1110. The van der Waals surface area contributed by atoms with Crippen molar-refractivity contribution >= 4 is 61.9 Å². The summed E-state index contributed by atoms with van der Waals surface area (Å²) in [5.74, 6) is 2.21. The smallest absolute Gasteiger partial charge is 0.197 e. The van der Waals surface area contributed by atoms with Crippen molar-refractivity contribution in [1.82, 2.24) is 0 Å². The number of hydrogen-bond acceptors (Lipinski definition) is 4. The lowest BCUT2D eigenvalue weighted by Crippen LogP contribution is -2.05. The van der Waals surface area contributed by atoms with Crippen LogP contribution in [0.5, 0.6) is 11.5 Å². The predicted molar refractivity (Wildman–Crippen MR) is 146 cm³/mol. The van der Waals surface area contributed by atoms with E-state index >= 15 is 0 Å². The lowest BCUT2D eigenvalue weighted by atomic mass is 9.98. The van der Waals surface area contributed by atoms with Gasteiger partial charge in [-0.3, -0.25) is 4.79 Å². The molecule has 2 aromatic carbocycles. The molecule has 1 N–H and O–H groups in total. The minimum absolute atomic E-state index is 0.0906. The summed E-state index contributed by atoms with van der Waals surface area (Å²) in [7, 11) is 0. The van der Waals surface area contributed by atoms with Crippen LogP contribution in [-0.4, -0.2) is 10.9 Å². The number of carbonyl (C=O) groups excluding carboxylic acids is 1. The minimum Gasteiger partial charge on any atom is -0.506 e. The average Bonchev–Trinajstić information content (AvgIpc) is 3.12. The zero-order valence-corrected chi connectivity index (χ0v) is 22.8. The summed E-state index contributed by atoms with van der Waals surface area (Å²) in [4.78, 5) is 13.6. The second kappa shape index (κ2) is 11.5. The summed E-state index contributed by atoms with van der Waals surface area (Å²) in [6.45, 7) is 8.29. The standard InChI is InChI=1S/C26H28I2O4/c1-4-6-8-10-22-24(25(29)17-13-20(27)26(30)21(28)14-17)19-12-11-18(15-23(19)32-22)31-16(3)9-7-5-2/h11-15,30H,3-10H2,1-2H3. The van der Waals surface area contributed by atoms with Crippen LogP contribution >= 0.6 is 45.2 Å². The average molecular weight is 658 g/mol. The largest absolute Gasteiger partial charge is 0.506 e. The van der Waals surface area contributed by atoms with Gasteiger partial charge in [0, 0.05) is 29.9 Å². The number of allylic oxidation sites excluding steroid dienone is 1. The van der Waals surface area contributed by atoms with Crippen LogP contribution in [0.3, 0.4) is 0 Å². The molecule has 0 spiro atoms. The lowest BCUT2D eigenvalue weighted by molar-refractivity contribution is 0.103. The van der Waals surface area contributed by atoms with Crippen molar-refractivity contribution in [3.8, 4) is 11.5 Å². The van der Waals surface area contributed by atoms with E-state index in [1.807, 2.05) is 18.2 Å². The van der Waals surface area contributed by atoms with Crippen LogP contribution in [0.25, 0.3) is 11.0 Å². The van der Waals surface area contributed by atoms with Crippen molar-refractivity contribution in [2.45, 2.75) is 58.8 Å². The Morgan fingerprint density at radius 1 is 1.06 bits per heavy atom. The maximum absolute atomic E-state index is 13.6. The molecule has 0 radical (unpaired) electrons. The Morgan fingerprint density at radius 2 is 1.75 bits per heavy atom. The van der Waals surface area contributed by atoms with Crippen LogP contribution in [0, 0.1) is 7.14 Å². The fraction of sp³-hybridized carbons (Fsp3) is 0.346. The summed E-state index contributed by atoms with van der Waals surface area (Å²) in [5.41, 5.74) is 1.79. The Balaban J connectivity index is 2.01. The fourth-order valence-electron chi connectivity index (χ4n) is 3.58. The van der Waals surface area contributed by atoms with Gasteiger partial charge in [-0.1, -0.05) is 39.7 Å². The number of rotatable bonds is 11. The van der Waals surface area contributed by atoms with E-state index in [2.05, 4.69) is 65.6 Å². The molecule has 1 heterocycles. The van der Waals surface area contributed by atoms with Crippen molar-refractivity contribution in [2.75, 3.05) is 0 Å². The topological polar surface area (TPSA) is 59.7 Å². The highest BCUT2D eigenvalue weighted by Gasteiger charge is 2.23. The second-order valence-corrected chi connectivity index (χ2v) is 10.2. The molecule has 170 valence electrons. The van der Waals surface area contributed by atoms with Gasteiger partial charge in [0.1, 0.15) is 22.8 Å². The van der Waals surface area contributed by atoms with Gasteiger partial charge in [-0.05, 0) is 82.3 Å². The number of aryl methyl sites for hydroxylation is 1. The maximum Gasteiger partial charge on any atom is 0.197 e. The number of carbonyl (C=O) groups is 1. The summed E-state index contributed by atoms with van der Waals surface area (Å²) >= 11 is 4.10. The molecule has 3 rings (SSSR count). The molecule has 4 nitrogen and oxygen atoms in total. The Labute approximate surface area is 216 Å². The number of phenolic OH excluding ortho intramolecular Hbond substituents is 1. The van der Waals surface area contributed by atoms with E-state index in [1.165, 1.54) is 0 Å². The zero-order valence-electron chi connectivity index (χ0n) is 18.5. The second-order valence-electron chi connectivity index (χ2n) is 7.88. The van der Waals surface area contributed by atoms with Crippen molar-refractivity contribution in [3.05, 3.63) is 66.7 Å². The number of furan rings is 1. The van der Waals surface area contributed by atoms with Gasteiger partial charge in [-0.15, -0.1) is 0 Å². The molecule has 1 aromatic heterocycles. The number of halogens is 2. The first-order valence-electron chi connectivity index (χ1n) is 11.0. The van der Waals surface area contributed by atoms with Crippen LogP contribution in [0.15, 0.2) is 47.1 Å². The monoisotopic (exact) mass is 658 g/mol. The Hall–Kier alpha value is -1.55. The molecule has 0 unspecified atom stereocenters. The lowest BCUT2D eigenvalue weighted by Gasteiger charge is -2.08. The van der Waals surface area contributed by atoms with E-state index < -0.39 is 0 Å². The van der Waals surface area contributed by atoms with Gasteiger partial charge in [-0.2, -0.15) is 0 Å². The van der Waals surface area contributed by atoms with Crippen LogP contribution < -0.4 is 4.74 Å². The van der Waals surface area contributed by atoms with Crippen molar-refractivity contribution in [2.24, 2.45) is 0 Å². The maximum atomic E-state index is 13.6. The molecular weight excluding hydrogens is 630 g/mol. The molecule has 0 fully saturated rings. The number of fused-ring (bicyclic) bond motifs is 1. The molecule has 3 aromatic rings. The van der Waals surface area contributed by atoms with E-state index in [0.717, 1.165) is 49.7 Å². The fourth-order valence-corrected chi connectivity index (χ4v) is 5.35. The molecule has 0 aliphatic heterocycles.